The summed E-state index contributed by atoms with van der Waals surface area (Å²) < 4.78 is 31.7. The molecule has 0 saturated heterocycles. The second-order valence-corrected chi connectivity index (χ2v) is 9.70. The average Bonchev–Trinajstić information content (AvgIpc) is 3.39. The first kappa shape index (κ1) is 26.2. The monoisotopic (exact) mass is 520 g/mol. The van der Waals surface area contributed by atoms with Gasteiger partial charge >= 0.3 is 0 Å². The molecule has 2 heterocycles. The summed E-state index contributed by atoms with van der Waals surface area (Å²) in [5.74, 6) is -0.206. The van der Waals surface area contributed by atoms with E-state index < -0.39 is 15.9 Å². The number of carbonyl (C=O) groups is 1. The van der Waals surface area contributed by atoms with Gasteiger partial charge in [0.2, 0.25) is 15.9 Å². The molecule has 0 radical (unpaired) electrons. The number of thiazole rings is 1. The second-order valence-electron chi connectivity index (χ2n) is 6.78. The molecule has 0 aliphatic carbocycles. The Morgan fingerprint density at radius 3 is 2.54 bits per heavy atom. The quantitative estimate of drug-likeness (QED) is 0.267. The highest BCUT2D eigenvalue weighted by molar-refractivity contribution is 7.89. The van der Waals surface area contributed by atoms with Gasteiger partial charge in [-0.1, -0.05) is 24.2 Å². The van der Waals surface area contributed by atoms with Crippen molar-refractivity contribution in [2.24, 2.45) is 5.16 Å². The molecule has 0 bridgehead atoms. The average molecular weight is 521 g/mol. The first-order valence-corrected chi connectivity index (χ1v) is 12.7. The fraction of sp³-hybridized carbons (Fsp3) is 0.286. The van der Waals surface area contributed by atoms with E-state index in [1.54, 1.807) is 18.5 Å². The van der Waals surface area contributed by atoms with E-state index in [0.29, 0.717) is 10.6 Å². The predicted octanol–water partition coefficient (Wildman–Crippen LogP) is 1.50. The first-order valence-electron chi connectivity index (χ1n) is 10.4. The van der Waals surface area contributed by atoms with Crippen LogP contribution < -0.4 is 10.1 Å². The van der Waals surface area contributed by atoms with Crippen molar-refractivity contribution in [3.8, 4) is 5.88 Å². The Bertz CT molecular complexity index is 1230. The Hall–Kier alpha value is -3.46. The lowest BCUT2D eigenvalue weighted by atomic mass is 10.1. The second kappa shape index (κ2) is 12.3. The maximum absolute atomic E-state index is 13.0. The molecule has 35 heavy (non-hydrogen) atoms. The van der Waals surface area contributed by atoms with Crippen molar-refractivity contribution in [3.63, 3.8) is 0 Å². The molecule has 0 spiro atoms. The molecule has 3 rings (SSSR count). The standard InChI is InChI=1S/C21H24N6O6S2/c1-3-27(9-10-28)35(30,31)16-6-4-15(5-7-16)20(26-33-14-19-22-8-11-34-19)21(29)25-17-12-24-18(32-2)13-23-17/h4-8,11-13,28H,3,9-10,14H2,1-2H3,(H,23,25,29)/b26-20+. The van der Waals surface area contributed by atoms with Crippen molar-refractivity contribution >= 4 is 38.8 Å². The summed E-state index contributed by atoms with van der Waals surface area (Å²) in [6, 6.07) is 5.62. The van der Waals surface area contributed by atoms with Crippen molar-refractivity contribution in [1.82, 2.24) is 19.3 Å². The van der Waals surface area contributed by atoms with E-state index in [4.69, 9.17) is 14.7 Å². The highest BCUT2D eigenvalue weighted by atomic mass is 32.2. The van der Waals surface area contributed by atoms with Gasteiger partial charge in [-0.15, -0.1) is 11.3 Å². The van der Waals surface area contributed by atoms with Crippen LogP contribution in [0.4, 0.5) is 5.82 Å². The molecule has 3 aromatic rings. The van der Waals surface area contributed by atoms with Gasteiger partial charge in [0.1, 0.15) is 5.01 Å². The van der Waals surface area contributed by atoms with Crippen LogP contribution in [-0.2, 0) is 26.3 Å². The summed E-state index contributed by atoms with van der Waals surface area (Å²) >= 11 is 1.37. The Kier molecular flexibility index (Phi) is 9.19. The summed E-state index contributed by atoms with van der Waals surface area (Å²) in [5.41, 5.74) is 0.207. The molecule has 0 atom stereocenters. The molecule has 186 valence electrons. The lowest BCUT2D eigenvalue weighted by Gasteiger charge is -2.19. The van der Waals surface area contributed by atoms with Gasteiger partial charge in [0.05, 0.1) is 31.0 Å². The zero-order valence-electron chi connectivity index (χ0n) is 19.0. The molecule has 2 aromatic heterocycles. The van der Waals surface area contributed by atoms with E-state index in [9.17, 15) is 13.2 Å². The SMILES string of the molecule is CCN(CCO)S(=O)(=O)c1ccc(/C(=N\OCc2nccs2)C(=O)Nc2cnc(OC)cn2)cc1. The van der Waals surface area contributed by atoms with Gasteiger partial charge in [-0.2, -0.15) is 4.31 Å². The van der Waals surface area contributed by atoms with Crippen LogP contribution in [0, 0.1) is 0 Å². The largest absolute Gasteiger partial charge is 0.480 e. The van der Waals surface area contributed by atoms with Crippen molar-refractivity contribution in [1.29, 1.82) is 0 Å². The Morgan fingerprint density at radius 2 is 1.97 bits per heavy atom. The van der Waals surface area contributed by atoms with Gasteiger partial charge < -0.3 is 20.0 Å². The van der Waals surface area contributed by atoms with E-state index in [0.717, 1.165) is 4.31 Å². The number of hydrogen-bond donors (Lipinski definition) is 2. The zero-order valence-corrected chi connectivity index (χ0v) is 20.6. The number of aromatic nitrogens is 3. The van der Waals surface area contributed by atoms with Crippen LogP contribution in [0.25, 0.3) is 0 Å². The molecule has 0 aliphatic rings. The number of nitrogens with zero attached hydrogens (tertiary/aromatic N) is 5. The number of sulfonamides is 1. The third kappa shape index (κ3) is 6.79. The van der Waals surface area contributed by atoms with E-state index in [1.165, 1.54) is 55.1 Å². The molecule has 0 saturated carbocycles. The minimum Gasteiger partial charge on any atom is -0.480 e. The molecule has 14 heteroatoms. The number of likely N-dealkylation sites (N-methyl/N-ethyl adjacent to an activating group) is 1. The minimum absolute atomic E-state index is 0.0148. The number of ether oxygens (including phenoxy) is 1. The summed E-state index contributed by atoms with van der Waals surface area (Å²) in [6.07, 6.45) is 4.29. The molecular weight excluding hydrogens is 496 g/mol. The van der Waals surface area contributed by atoms with Crippen LogP contribution >= 0.6 is 11.3 Å². The molecule has 0 unspecified atom stereocenters. The number of carbonyl (C=O) groups excluding carboxylic acids is 1. The van der Waals surface area contributed by atoms with Crippen LogP contribution in [0.15, 0.2) is 58.3 Å². The number of benzene rings is 1. The number of amides is 1. The predicted molar refractivity (Wildman–Crippen MR) is 129 cm³/mol. The molecule has 1 amide bonds. The van der Waals surface area contributed by atoms with E-state index in [1.807, 2.05) is 0 Å². The van der Waals surface area contributed by atoms with Crippen molar-refractivity contribution in [2.75, 3.05) is 32.1 Å². The number of aliphatic hydroxyl groups excluding tert-OH is 1. The number of anilines is 1. The number of nitrogens with one attached hydrogen (secondary N) is 1. The highest BCUT2D eigenvalue weighted by Gasteiger charge is 2.24. The third-order valence-corrected chi connectivity index (χ3v) is 7.33. The maximum atomic E-state index is 13.0. The Balaban J connectivity index is 1.86. The number of oxime groups is 1. The maximum Gasteiger partial charge on any atom is 0.279 e. The summed E-state index contributed by atoms with van der Waals surface area (Å²) in [6.45, 7) is 1.61. The van der Waals surface area contributed by atoms with Crippen LogP contribution in [0.2, 0.25) is 0 Å². The Labute approximate surface area is 206 Å². The number of hydrogen-bond acceptors (Lipinski definition) is 11. The highest BCUT2D eigenvalue weighted by Crippen LogP contribution is 2.18. The topological polar surface area (TPSA) is 156 Å². The van der Waals surface area contributed by atoms with Crippen LogP contribution in [0.1, 0.15) is 17.5 Å². The molecule has 0 fully saturated rings. The number of aliphatic hydroxyl groups is 1. The van der Waals surface area contributed by atoms with Gasteiger partial charge in [-0.25, -0.2) is 23.4 Å². The fourth-order valence-electron chi connectivity index (χ4n) is 2.86. The van der Waals surface area contributed by atoms with Crippen molar-refractivity contribution in [2.45, 2.75) is 18.4 Å². The third-order valence-electron chi connectivity index (χ3n) is 4.59. The Morgan fingerprint density at radius 1 is 1.20 bits per heavy atom. The van der Waals surface area contributed by atoms with Gasteiger partial charge in [0.15, 0.2) is 18.1 Å². The smallest absolute Gasteiger partial charge is 0.279 e. The molecular formula is C21H24N6O6S2. The van der Waals surface area contributed by atoms with E-state index in [-0.39, 0.29) is 48.6 Å². The molecule has 1 aromatic carbocycles. The zero-order chi connectivity index (χ0) is 25.3. The normalized spacial score (nSPS) is 11.9. The first-order chi connectivity index (χ1) is 16.9. The number of methoxy groups -OCH3 is 1. The van der Waals surface area contributed by atoms with Crippen molar-refractivity contribution in [3.05, 3.63) is 58.8 Å². The lowest BCUT2D eigenvalue weighted by molar-refractivity contribution is -0.110. The van der Waals surface area contributed by atoms with Gasteiger partial charge in [-0.3, -0.25) is 4.79 Å². The summed E-state index contributed by atoms with van der Waals surface area (Å²) in [4.78, 5) is 30.5. The van der Waals surface area contributed by atoms with E-state index in [2.05, 4.69) is 25.4 Å². The minimum atomic E-state index is -3.81. The summed E-state index contributed by atoms with van der Waals surface area (Å²) in [5, 5.41) is 18.2. The summed E-state index contributed by atoms with van der Waals surface area (Å²) in [7, 11) is -2.37. The molecule has 12 nitrogen and oxygen atoms in total. The fourth-order valence-corrected chi connectivity index (χ4v) is 4.82. The van der Waals surface area contributed by atoms with Crippen LogP contribution in [0.5, 0.6) is 5.88 Å². The lowest BCUT2D eigenvalue weighted by Crippen LogP contribution is -2.33. The van der Waals surface area contributed by atoms with Crippen LogP contribution in [-0.4, -0.2) is 71.2 Å². The van der Waals surface area contributed by atoms with E-state index >= 15 is 0 Å². The molecule has 0 aliphatic heterocycles. The van der Waals surface area contributed by atoms with Gasteiger partial charge in [-0.05, 0) is 12.1 Å². The molecule has 2 N–H and O–H groups in total. The number of rotatable bonds is 12. The van der Waals surface area contributed by atoms with Crippen LogP contribution in [0.3, 0.4) is 0 Å². The van der Waals surface area contributed by atoms with Crippen molar-refractivity contribution < 1.29 is 27.9 Å². The van der Waals surface area contributed by atoms with Gasteiger partial charge in [0.25, 0.3) is 5.91 Å². The van der Waals surface area contributed by atoms with Gasteiger partial charge in [0, 0.05) is 30.2 Å².